The van der Waals surface area contributed by atoms with Crippen LogP contribution < -0.4 is 10.1 Å². The summed E-state index contributed by atoms with van der Waals surface area (Å²) in [6.07, 6.45) is 1.85. The average molecular weight is 407 g/mol. The predicted octanol–water partition coefficient (Wildman–Crippen LogP) is 4.81. The molecule has 0 unspecified atom stereocenters. The third-order valence-corrected chi connectivity index (χ3v) is 6.11. The number of benzene rings is 2. The van der Waals surface area contributed by atoms with Crippen LogP contribution in [0.25, 0.3) is 32.1 Å². The summed E-state index contributed by atoms with van der Waals surface area (Å²) >= 11 is 1.49. The van der Waals surface area contributed by atoms with Crippen LogP contribution in [0.2, 0.25) is 0 Å². The lowest BCUT2D eigenvalue weighted by molar-refractivity contribution is 0.0942. The fraction of sp³-hybridized carbons (Fsp3) is 0.217. The van der Waals surface area contributed by atoms with Crippen molar-refractivity contribution in [1.82, 2.24) is 10.3 Å². The first-order valence-electron chi connectivity index (χ1n) is 9.36. The van der Waals surface area contributed by atoms with Crippen LogP contribution in [-0.4, -0.2) is 38.3 Å². The summed E-state index contributed by atoms with van der Waals surface area (Å²) in [5.74, 6) is 0.621. The number of hydrogen-bond acceptors (Lipinski definition) is 5. The minimum Gasteiger partial charge on any atom is -0.494 e. The Morgan fingerprint density at radius 2 is 1.90 bits per heavy atom. The quantitative estimate of drug-likeness (QED) is 0.467. The molecule has 1 N–H and O–H groups in total. The van der Waals surface area contributed by atoms with Gasteiger partial charge in [-0.15, -0.1) is 11.3 Å². The number of aromatic nitrogens is 1. The number of thiophene rings is 1. The van der Waals surface area contributed by atoms with Crippen molar-refractivity contribution in [2.75, 3.05) is 27.4 Å². The fourth-order valence-corrected chi connectivity index (χ4v) is 4.65. The Kier molecular flexibility index (Phi) is 5.47. The lowest BCUT2D eigenvalue weighted by atomic mass is 10.0. The van der Waals surface area contributed by atoms with Crippen molar-refractivity contribution >= 4 is 38.2 Å². The van der Waals surface area contributed by atoms with Gasteiger partial charge >= 0.3 is 0 Å². The van der Waals surface area contributed by atoms with Crippen molar-refractivity contribution in [3.05, 3.63) is 59.1 Å². The molecule has 0 saturated heterocycles. The van der Waals surface area contributed by atoms with E-state index in [1.807, 2.05) is 24.4 Å². The molecule has 0 aliphatic carbocycles. The van der Waals surface area contributed by atoms with Crippen LogP contribution in [0.15, 0.2) is 48.7 Å². The minimum atomic E-state index is -0.102. The molecule has 0 spiro atoms. The first kappa shape index (κ1) is 19.4. The first-order valence-corrected chi connectivity index (χ1v) is 10.2. The summed E-state index contributed by atoms with van der Waals surface area (Å²) in [4.78, 5) is 18.3. The zero-order chi connectivity index (χ0) is 20.4. The molecule has 2 heterocycles. The number of nitrogens with zero attached hydrogens (tertiary/aromatic N) is 1. The van der Waals surface area contributed by atoms with Crippen LogP contribution in [0.4, 0.5) is 0 Å². The largest absolute Gasteiger partial charge is 0.494 e. The molecule has 5 nitrogen and oxygen atoms in total. The average Bonchev–Trinajstić information content (AvgIpc) is 3.14. The molecule has 0 fully saturated rings. The maximum Gasteiger partial charge on any atom is 0.262 e. The Morgan fingerprint density at radius 1 is 1.10 bits per heavy atom. The number of hydrogen-bond donors (Lipinski definition) is 1. The zero-order valence-corrected chi connectivity index (χ0v) is 17.4. The number of carbonyl (C=O) groups is 1. The van der Waals surface area contributed by atoms with E-state index in [9.17, 15) is 4.79 Å². The van der Waals surface area contributed by atoms with E-state index in [1.165, 1.54) is 16.9 Å². The van der Waals surface area contributed by atoms with E-state index >= 15 is 0 Å². The number of amides is 1. The summed E-state index contributed by atoms with van der Waals surface area (Å²) in [7, 11) is 3.26. The second-order valence-electron chi connectivity index (χ2n) is 6.78. The van der Waals surface area contributed by atoms with E-state index in [2.05, 4.69) is 41.5 Å². The summed E-state index contributed by atoms with van der Waals surface area (Å²) in [6.45, 7) is 2.98. The Balaban J connectivity index is 1.96. The van der Waals surface area contributed by atoms with Gasteiger partial charge in [-0.1, -0.05) is 42.0 Å². The number of aryl methyl sites for hydroxylation is 1. The molecule has 4 rings (SSSR count). The topological polar surface area (TPSA) is 60.5 Å². The van der Waals surface area contributed by atoms with Crippen LogP contribution in [0.5, 0.6) is 5.75 Å². The van der Waals surface area contributed by atoms with E-state index in [1.54, 1.807) is 14.2 Å². The van der Waals surface area contributed by atoms with Crippen molar-refractivity contribution in [3.8, 4) is 16.9 Å². The lowest BCUT2D eigenvalue weighted by Gasteiger charge is -2.08. The van der Waals surface area contributed by atoms with E-state index in [0.717, 1.165) is 37.9 Å². The Labute approximate surface area is 173 Å². The van der Waals surface area contributed by atoms with E-state index in [0.29, 0.717) is 18.0 Å². The monoisotopic (exact) mass is 406 g/mol. The number of ether oxygens (including phenoxy) is 2. The van der Waals surface area contributed by atoms with Crippen molar-refractivity contribution < 1.29 is 14.3 Å². The van der Waals surface area contributed by atoms with E-state index in [-0.39, 0.29) is 5.91 Å². The van der Waals surface area contributed by atoms with Gasteiger partial charge < -0.3 is 14.8 Å². The maximum absolute atomic E-state index is 13.0. The molecule has 4 aromatic rings. The van der Waals surface area contributed by atoms with Crippen LogP contribution in [0.1, 0.15) is 15.2 Å². The molecule has 2 aromatic carbocycles. The van der Waals surface area contributed by atoms with Crippen molar-refractivity contribution in [3.63, 3.8) is 0 Å². The normalized spacial score (nSPS) is 11.1. The number of rotatable bonds is 6. The lowest BCUT2D eigenvalue weighted by Crippen LogP contribution is -2.26. The van der Waals surface area contributed by atoms with Crippen LogP contribution >= 0.6 is 11.3 Å². The van der Waals surface area contributed by atoms with Gasteiger partial charge in [-0.05, 0) is 18.6 Å². The van der Waals surface area contributed by atoms with Crippen LogP contribution in [0, 0.1) is 6.92 Å². The number of fused-ring (bicyclic) bond motifs is 3. The molecule has 2 aromatic heterocycles. The first-order chi connectivity index (χ1) is 14.1. The van der Waals surface area contributed by atoms with Gasteiger partial charge in [-0.25, -0.2) is 0 Å². The highest BCUT2D eigenvalue weighted by Gasteiger charge is 2.22. The molecule has 0 atom stereocenters. The third kappa shape index (κ3) is 3.57. The molecule has 148 valence electrons. The van der Waals surface area contributed by atoms with Crippen LogP contribution in [0.3, 0.4) is 0 Å². The number of methoxy groups -OCH3 is 2. The van der Waals surface area contributed by atoms with Crippen molar-refractivity contribution in [2.24, 2.45) is 0 Å². The maximum atomic E-state index is 13.0. The summed E-state index contributed by atoms with van der Waals surface area (Å²) in [6, 6.07) is 14.1. The molecule has 0 aliphatic heterocycles. The SMILES string of the molecule is COCCNC(=O)c1sc2c(cnc3c(OC)cccc32)c1-c1ccc(C)cc1. The van der Waals surface area contributed by atoms with Crippen molar-refractivity contribution in [2.45, 2.75) is 6.92 Å². The van der Waals surface area contributed by atoms with Gasteiger partial charge in [-0.3, -0.25) is 9.78 Å². The molecule has 29 heavy (non-hydrogen) atoms. The minimum absolute atomic E-state index is 0.102. The zero-order valence-electron chi connectivity index (χ0n) is 16.6. The third-order valence-electron chi connectivity index (χ3n) is 4.87. The second kappa shape index (κ2) is 8.19. The standard InChI is InChI=1S/C23H22N2O3S/c1-14-7-9-15(10-8-14)19-17-13-25-20-16(5-4-6-18(20)28-3)21(17)29-22(19)23(26)24-11-12-27-2/h4-10,13H,11-12H2,1-3H3,(H,24,26). The summed E-state index contributed by atoms with van der Waals surface area (Å²) in [5, 5.41) is 4.91. The predicted molar refractivity (Wildman–Crippen MR) is 118 cm³/mol. The van der Waals surface area contributed by atoms with Gasteiger partial charge in [0.1, 0.15) is 16.1 Å². The van der Waals surface area contributed by atoms with E-state index < -0.39 is 0 Å². The Morgan fingerprint density at radius 3 is 2.62 bits per heavy atom. The van der Waals surface area contributed by atoms with Gasteiger partial charge in [0.05, 0.1) is 13.7 Å². The van der Waals surface area contributed by atoms with Gasteiger partial charge in [0.25, 0.3) is 5.91 Å². The Bertz CT molecular complexity index is 1180. The van der Waals surface area contributed by atoms with Gasteiger partial charge in [0, 0.05) is 40.9 Å². The highest BCUT2D eigenvalue weighted by molar-refractivity contribution is 7.22. The molecule has 6 heteroatoms. The number of para-hydroxylation sites is 1. The number of carbonyl (C=O) groups excluding carboxylic acids is 1. The number of pyridine rings is 1. The molecule has 0 bridgehead atoms. The number of nitrogens with one attached hydrogen (secondary N) is 1. The fourth-order valence-electron chi connectivity index (χ4n) is 3.41. The van der Waals surface area contributed by atoms with E-state index in [4.69, 9.17) is 9.47 Å². The van der Waals surface area contributed by atoms with Gasteiger partial charge in [0.15, 0.2) is 0 Å². The van der Waals surface area contributed by atoms with Crippen LogP contribution in [-0.2, 0) is 4.74 Å². The molecular formula is C23H22N2O3S. The summed E-state index contributed by atoms with van der Waals surface area (Å²) < 4.78 is 11.6. The molecule has 0 saturated carbocycles. The molecule has 0 aliphatic rings. The second-order valence-corrected chi connectivity index (χ2v) is 7.80. The van der Waals surface area contributed by atoms with Crippen molar-refractivity contribution in [1.29, 1.82) is 0 Å². The molecule has 0 radical (unpaired) electrons. The Hall–Kier alpha value is -2.96. The smallest absolute Gasteiger partial charge is 0.262 e. The molecule has 1 amide bonds. The molecular weight excluding hydrogens is 384 g/mol. The van der Waals surface area contributed by atoms with Gasteiger partial charge in [-0.2, -0.15) is 0 Å². The highest BCUT2D eigenvalue weighted by atomic mass is 32.1. The van der Waals surface area contributed by atoms with Gasteiger partial charge in [0.2, 0.25) is 0 Å². The highest BCUT2D eigenvalue weighted by Crippen LogP contribution is 2.42. The summed E-state index contributed by atoms with van der Waals surface area (Å²) in [5.41, 5.74) is 3.89.